The first-order chi connectivity index (χ1) is 19.3. The first-order valence-corrected chi connectivity index (χ1v) is 16.2. The number of nitrogens with zero attached hydrogens (tertiary/aromatic N) is 2. The molecule has 12 heteroatoms. The summed E-state index contributed by atoms with van der Waals surface area (Å²) in [6.45, 7) is 3.17. The zero-order chi connectivity index (χ0) is 30.3. The van der Waals surface area contributed by atoms with Gasteiger partial charge in [0.25, 0.3) is 0 Å². The van der Waals surface area contributed by atoms with Crippen molar-refractivity contribution in [1.29, 1.82) is 0 Å². The molecule has 0 aliphatic rings. The van der Waals surface area contributed by atoms with Crippen LogP contribution in [0.25, 0.3) is 0 Å². The standard InChI is InChI=1S/C29H31Cl4N3O4S/c1-4-19(2)34-29(38)27(14-20-9-6-5-7-10-20)35(17-21-11-8-12-22(30)13-21)28(37)18-36(41(3,39)40)26-16-24(32)23(31)15-25(26)33/h5-13,15-16,19,27H,4,14,17-18H2,1-3H3,(H,34,38)/t19-,27-/m0/s1. The third kappa shape index (κ3) is 9.25. The van der Waals surface area contributed by atoms with Crippen molar-refractivity contribution in [3.05, 3.63) is 97.9 Å². The lowest BCUT2D eigenvalue weighted by atomic mass is 10.0. The second-order valence-electron chi connectivity index (χ2n) is 9.66. The summed E-state index contributed by atoms with van der Waals surface area (Å²) in [5.74, 6) is -0.991. The zero-order valence-electron chi connectivity index (χ0n) is 22.8. The van der Waals surface area contributed by atoms with Gasteiger partial charge in [-0.3, -0.25) is 13.9 Å². The van der Waals surface area contributed by atoms with Gasteiger partial charge in [-0.25, -0.2) is 8.42 Å². The van der Waals surface area contributed by atoms with Crippen molar-refractivity contribution in [2.24, 2.45) is 0 Å². The number of sulfonamides is 1. The largest absolute Gasteiger partial charge is 0.352 e. The van der Waals surface area contributed by atoms with Crippen molar-refractivity contribution in [2.45, 2.75) is 45.3 Å². The third-order valence-electron chi connectivity index (χ3n) is 6.45. The Morgan fingerprint density at radius 1 is 0.878 bits per heavy atom. The Bertz CT molecular complexity index is 1490. The van der Waals surface area contributed by atoms with E-state index in [1.807, 2.05) is 44.2 Å². The highest BCUT2D eigenvalue weighted by molar-refractivity contribution is 7.92. The van der Waals surface area contributed by atoms with Crippen LogP contribution in [-0.4, -0.2) is 50.0 Å². The number of amides is 2. The highest BCUT2D eigenvalue weighted by atomic mass is 35.5. The molecule has 3 aromatic rings. The topological polar surface area (TPSA) is 86.8 Å². The van der Waals surface area contributed by atoms with Crippen LogP contribution in [0.2, 0.25) is 20.1 Å². The minimum absolute atomic E-state index is 0.00245. The Labute approximate surface area is 261 Å². The molecule has 0 spiro atoms. The van der Waals surface area contributed by atoms with Gasteiger partial charge in [0.2, 0.25) is 21.8 Å². The van der Waals surface area contributed by atoms with Gasteiger partial charge < -0.3 is 10.2 Å². The fraction of sp³-hybridized carbons (Fsp3) is 0.310. The molecule has 3 aromatic carbocycles. The highest BCUT2D eigenvalue weighted by Gasteiger charge is 2.34. The molecule has 0 fully saturated rings. The van der Waals surface area contributed by atoms with Gasteiger partial charge in [0.15, 0.2) is 0 Å². The molecule has 0 saturated carbocycles. The van der Waals surface area contributed by atoms with Gasteiger partial charge in [0, 0.05) is 24.0 Å². The van der Waals surface area contributed by atoms with E-state index in [1.165, 1.54) is 17.0 Å². The van der Waals surface area contributed by atoms with E-state index < -0.39 is 28.5 Å². The van der Waals surface area contributed by atoms with Crippen molar-refractivity contribution < 1.29 is 18.0 Å². The first-order valence-electron chi connectivity index (χ1n) is 12.8. The van der Waals surface area contributed by atoms with Gasteiger partial charge in [0.1, 0.15) is 12.6 Å². The number of hydrogen-bond donors (Lipinski definition) is 1. The Balaban J connectivity index is 2.10. The molecule has 0 saturated heterocycles. The van der Waals surface area contributed by atoms with Gasteiger partial charge >= 0.3 is 0 Å². The fourth-order valence-electron chi connectivity index (χ4n) is 4.13. The SMILES string of the molecule is CC[C@H](C)NC(=O)[C@H](Cc1ccccc1)N(Cc1cccc(Cl)c1)C(=O)CN(c1cc(Cl)c(Cl)cc1Cl)S(C)(=O)=O. The molecule has 2 atom stereocenters. The van der Waals surface area contributed by atoms with Crippen LogP contribution in [0, 0.1) is 0 Å². The second kappa shape index (κ2) is 14.6. The highest BCUT2D eigenvalue weighted by Crippen LogP contribution is 2.35. The van der Waals surface area contributed by atoms with E-state index in [0.717, 1.165) is 16.1 Å². The molecule has 0 heterocycles. The summed E-state index contributed by atoms with van der Waals surface area (Å²) >= 11 is 24.8. The molecule has 41 heavy (non-hydrogen) atoms. The van der Waals surface area contributed by atoms with E-state index in [-0.39, 0.29) is 45.7 Å². The Morgan fingerprint density at radius 3 is 2.12 bits per heavy atom. The molecule has 220 valence electrons. The second-order valence-corrected chi connectivity index (χ2v) is 13.2. The molecule has 2 amide bonds. The molecule has 0 aromatic heterocycles. The minimum atomic E-state index is -4.03. The van der Waals surface area contributed by atoms with E-state index in [0.29, 0.717) is 17.0 Å². The van der Waals surface area contributed by atoms with Crippen LogP contribution in [-0.2, 0) is 32.6 Å². The zero-order valence-corrected chi connectivity index (χ0v) is 26.6. The molecule has 0 radical (unpaired) electrons. The lowest BCUT2D eigenvalue weighted by Gasteiger charge is -2.34. The Morgan fingerprint density at radius 2 is 1.51 bits per heavy atom. The predicted octanol–water partition coefficient (Wildman–Crippen LogP) is 6.62. The summed E-state index contributed by atoms with van der Waals surface area (Å²) in [7, 11) is -4.03. The van der Waals surface area contributed by atoms with Gasteiger partial charge in [0.05, 0.1) is 27.0 Å². The normalized spacial score (nSPS) is 12.9. The molecule has 0 aliphatic heterocycles. The maximum atomic E-state index is 14.1. The Kier molecular flexibility index (Phi) is 11.8. The monoisotopic (exact) mass is 657 g/mol. The number of carbonyl (C=O) groups is 2. The third-order valence-corrected chi connectivity index (χ3v) is 8.84. The van der Waals surface area contributed by atoms with Crippen LogP contribution in [0.3, 0.4) is 0 Å². The number of carbonyl (C=O) groups excluding carboxylic acids is 2. The molecule has 1 N–H and O–H groups in total. The average molecular weight is 659 g/mol. The van der Waals surface area contributed by atoms with Crippen LogP contribution >= 0.6 is 46.4 Å². The number of rotatable bonds is 12. The molecular weight excluding hydrogens is 628 g/mol. The summed E-state index contributed by atoms with van der Waals surface area (Å²) in [5.41, 5.74) is 1.48. The molecule has 0 bridgehead atoms. The molecule has 0 unspecified atom stereocenters. The number of nitrogens with one attached hydrogen (secondary N) is 1. The van der Waals surface area contributed by atoms with Crippen molar-refractivity contribution in [2.75, 3.05) is 17.1 Å². The van der Waals surface area contributed by atoms with E-state index >= 15 is 0 Å². The van der Waals surface area contributed by atoms with Crippen LogP contribution in [0.4, 0.5) is 5.69 Å². The van der Waals surface area contributed by atoms with Crippen molar-refractivity contribution in [1.82, 2.24) is 10.2 Å². The maximum Gasteiger partial charge on any atom is 0.244 e. The summed E-state index contributed by atoms with van der Waals surface area (Å²) < 4.78 is 26.7. The number of anilines is 1. The lowest BCUT2D eigenvalue weighted by Crippen LogP contribution is -2.54. The summed E-state index contributed by atoms with van der Waals surface area (Å²) in [6.07, 6.45) is 1.84. The molecule has 0 aliphatic carbocycles. The van der Waals surface area contributed by atoms with Gasteiger partial charge in [-0.1, -0.05) is 95.8 Å². The average Bonchev–Trinajstić information content (AvgIpc) is 2.91. The van der Waals surface area contributed by atoms with Crippen LogP contribution < -0.4 is 9.62 Å². The van der Waals surface area contributed by atoms with Gasteiger partial charge in [-0.15, -0.1) is 0 Å². The Hall–Kier alpha value is -2.49. The van der Waals surface area contributed by atoms with E-state index in [4.69, 9.17) is 46.4 Å². The van der Waals surface area contributed by atoms with Crippen molar-refractivity contribution >= 4 is 73.9 Å². The molecule has 7 nitrogen and oxygen atoms in total. The smallest absolute Gasteiger partial charge is 0.244 e. The maximum absolute atomic E-state index is 14.1. The predicted molar refractivity (Wildman–Crippen MR) is 167 cm³/mol. The fourth-order valence-corrected chi connectivity index (χ4v) is 5.88. The summed E-state index contributed by atoms with van der Waals surface area (Å²) in [6, 6.07) is 17.7. The van der Waals surface area contributed by atoms with Crippen molar-refractivity contribution in [3.63, 3.8) is 0 Å². The van der Waals surface area contributed by atoms with E-state index in [9.17, 15) is 18.0 Å². The molecular formula is C29H31Cl4N3O4S. The van der Waals surface area contributed by atoms with Gasteiger partial charge in [-0.05, 0) is 48.7 Å². The van der Waals surface area contributed by atoms with Gasteiger partial charge in [-0.2, -0.15) is 0 Å². The van der Waals surface area contributed by atoms with E-state index in [2.05, 4.69) is 5.32 Å². The summed E-state index contributed by atoms with van der Waals surface area (Å²) in [4.78, 5) is 29.2. The number of halogens is 4. The van der Waals surface area contributed by atoms with Crippen molar-refractivity contribution in [3.8, 4) is 0 Å². The number of hydrogen-bond acceptors (Lipinski definition) is 4. The minimum Gasteiger partial charge on any atom is -0.352 e. The van der Waals surface area contributed by atoms with Crippen LogP contribution in [0.5, 0.6) is 0 Å². The lowest BCUT2D eigenvalue weighted by molar-refractivity contribution is -0.140. The first kappa shape index (κ1) is 33.0. The molecule has 3 rings (SSSR count). The van der Waals surface area contributed by atoms with Crippen LogP contribution in [0.1, 0.15) is 31.4 Å². The number of benzene rings is 3. The quantitative estimate of drug-likeness (QED) is 0.222. The van der Waals surface area contributed by atoms with E-state index in [1.54, 1.807) is 24.3 Å². The summed E-state index contributed by atoms with van der Waals surface area (Å²) in [5, 5.41) is 3.63. The van der Waals surface area contributed by atoms with Crippen LogP contribution in [0.15, 0.2) is 66.7 Å².